The van der Waals surface area contributed by atoms with Crippen molar-refractivity contribution in [2.24, 2.45) is 0 Å². The van der Waals surface area contributed by atoms with Crippen molar-refractivity contribution in [1.29, 1.82) is 0 Å². The Morgan fingerprint density at radius 3 is 2.38 bits per heavy atom. The summed E-state index contributed by atoms with van der Waals surface area (Å²) in [5, 5.41) is 3.36. The molecule has 0 fully saturated rings. The average molecular weight is 345 g/mol. The molecule has 0 bridgehead atoms. The van der Waals surface area contributed by atoms with Crippen LogP contribution >= 0.6 is 0 Å². The molecule has 4 rings (SSSR count). The SMILES string of the molecule is CC.Nc1cc(-c2nc3ccccc3o2)ccc1NCc1ccccc1. The van der Waals surface area contributed by atoms with E-state index in [-0.39, 0.29) is 0 Å². The predicted octanol–water partition coefficient (Wildman–Crippen LogP) is 5.72. The van der Waals surface area contributed by atoms with E-state index < -0.39 is 0 Å². The number of benzene rings is 3. The van der Waals surface area contributed by atoms with Gasteiger partial charge in [0.2, 0.25) is 5.89 Å². The maximum absolute atomic E-state index is 6.19. The lowest BCUT2D eigenvalue weighted by molar-refractivity contribution is 0.620. The zero-order chi connectivity index (χ0) is 18.4. The Kier molecular flexibility index (Phi) is 5.54. The molecule has 3 N–H and O–H groups in total. The number of hydrogen-bond donors (Lipinski definition) is 2. The predicted molar refractivity (Wildman–Crippen MR) is 109 cm³/mol. The molecule has 26 heavy (non-hydrogen) atoms. The molecule has 4 heteroatoms. The van der Waals surface area contributed by atoms with Gasteiger partial charge in [-0.05, 0) is 35.9 Å². The van der Waals surface area contributed by atoms with Crippen molar-refractivity contribution in [3.8, 4) is 11.5 Å². The normalized spacial score (nSPS) is 10.2. The Morgan fingerprint density at radius 1 is 0.923 bits per heavy atom. The maximum Gasteiger partial charge on any atom is 0.227 e. The van der Waals surface area contributed by atoms with Crippen LogP contribution in [0.3, 0.4) is 0 Å². The Balaban J connectivity index is 0.000000948. The largest absolute Gasteiger partial charge is 0.436 e. The number of nitrogens with zero attached hydrogens (tertiary/aromatic N) is 1. The molecular formula is C22H23N3O. The van der Waals surface area contributed by atoms with Crippen LogP contribution in [0.2, 0.25) is 0 Å². The van der Waals surface area contributed by atoms with Gasteiger partial charge >= 0.3 is 0 Å². The quantitative estimate of drug-likeness (QED) is 0.465. The van der Waals surface area contributed by atoms with Gasteiger partial charge in [-0.3, -0.25) is 0 Å². The Morgan fingerprint density at radius 2 is 1.65 bits per heavy atom. The van der Waals surface area contributed by atoms with E-state index in [2.05, 4.69) is 22.4 Å². The third-order valence-corrected chi connectivity index (χ3v) is 3.92. The minimum Gasteiger partial charge on any atom is -0.436 e. The lowest BCUT2D eigenvalue weighted by Crippen LogP contribution is -2.02. The van der Waals surface area contributed by atoms with Gasteiger partial charge in [0, 0.05) is 12.1 Å². The van der Waals surface area contributed by atoms with Crippen LogP contribution in [0.25, 0.3) is 22.6 Å². The van der Waals surface area contributed by atoms with Crippen LogP contribution in [-0.4, -0.2) is 4.98 Å². The third kappa shape index (κ3) is 3.86. The van der Waals surface area contributed by atoms with Crippen molar-refractivity contribution in [2.45, 2.75) is 20.4 Å². The van der Waals surface area contributed by atoms with Gasteiger partial charge in [0.05, 0.1) is 11.4 Å². The Bertz CT molecular complexity index is 944. The number of nitrogen functional groups attached to an aromatic ring is 1. The molecule has 0 saturated heterocycles. The fourth-order valence-electron chi connectivity index (χ4n) is 2.65. The number of nitrogens with one attached hydrogen (secondary N) is 1. The van der Waals surface area contributed by atoms with Gasteiger partial charge in [-0.1, -0.05) is 56.3 Å². The van der Waals surface area contributed by atoms with Crippen molar-refractivity contribution >= 4 is 22.5 Å². The number of hydrogen-bond acceptors (Lipinski definition) is 4. The van der Waals surface area contributed by atoms with Gasteiger partial charge < -0.3 is 15.5 Å². The van der Waals surface area contributed by atoms with Crippen molar-refractivity contribution < 1.29 is 4.42 Å². The summed E-state index contributed by atoms with van der Waals surface area (Å²) in [5.74, 6) is 0.581. The molecule has 1 aromatic heterocycles. The Hall–Kier alpha value is -3.27. The van der Waals surface area contributed by atoms with Gasteiger partial charge in [0.1, 0.15) is 5.52 Å². The monoisotopic (exact) mass is 345 g/mol. The van der Waals surface area contributed by atoms with Crippen LogP contribution in [0.5, 0.6) is 0 Å². The molecule has 0 amide bonds. The molecule has 0 saturated carbocycles. The molecule has 0 unspecified atom stereocenters. The highest BCUT2D eigenvalue weighted by molar-refractivity contribution is 5.78. The van der Waals surface area contributed by atoms with Crippen LogP contribution in [-0.2, 0) is 6.54 Å². The smallest absolute Gasteiger partial charge is 0.227 e. The van der Waals surface area contributed by atoms with Crippen LogP contribution in [0.15, 0.2) is 77.2 Å². The van der Waals surface area contributed by atoms with Crippen LogP contribution < -0.4 is 11.1 Å². The summed E-state index contributed by atoms with van der Waals surface area (Å²) in [6.45, 7) is 4.73. The fraction of sp³-hybridized carbons (Fsp3) is 0.136. The molecule has 0 radical (unpaired) electrons. The van der Waals surface area contributed by atoms with Crippen LogP contribution in [0.4, 0.5) is 11.4 Å². The number of nitrogens with two attached hydrogens (primary N) is 1. The molecule has 0 spiro atoms. The minimum absolute atomic E-state index is 0.581. The number of fused-ring (bicyclic) bond motifs is 1. The van der Waals surface area contributed by atoms with Crippen molar-refractivity contribution in [1.82, 2.24) is 4.98 Å². The summed E-state index contributed by atoms with van der Waals surface area (Å²) >= 11 is 0. The van der Waals surface area contributed by atoms with E-state index in [1.165, 1.54) is 5.56 Å². The first kappa shape index (κ1) is 17.5. The first-order valence-electron chi connectivity index (χ1n) is 8.83. The molecule has 4 nitrogen and oxygen atoms in total. The second-order valence-electron chi connectivity index (χ2n) is 5.63. The summed E-state index contributed by atoms with van der Waals surface area (Å²) in [4.78, 5) is 4.50. The highest BCUT2D eigenvalue weighted by atomic mass is 16.3. The van der Waals surface area contributed by atoms with E-state index >= 15 is 0 Å². The summed E-state index contributed by atoms with van der Waals surface area (Å²) in [7, 11) is 0. The number of aromatic nitrogens is 1. The van der Waals surface area contributed by atoms with Crippen LogP contribution in [0, 0.1) is 0 Å². The zero-order valence-electron chi connectivity index (χ0n) is 15.1. The number of oxazole rings is 1. The molecule has 4 aromatic rings. The summed E-state index contributed by atoms with van der Waals surface area (Å²) < 4.78 is 5.79. The molecule has 0 aliphatic rings. The van der Waals surface area contributed by atoms with E-state index in [1.807, 2.05) is 74.5 Å². The molecule has 0 aliphatic heterocycles. The van der Waals surface area contributed by atoms with Gasteiger partial charge in [-0.2, -0.15) is 0 Å². The molecular weight excluding hydrogens is 322 g/mol. The topological polar surface area (TPSA) is 64.1 Å². The fourth-order valence-corrected chi connectivity index (χ4v) is 2.65. The number of rotatable bonds is 4. The maximum atomic E-state index is 6.19. The van der Waals surface area contributed by atoms with E-state index in [0.717, 1.165) is 28.9 Å². The van der Waals surface area contributed by atoms with Gasteiger partial charge in [-0.15, -0.1) is 0 Å². The van der Waals surface area contributed by atoms with E-state index in [0.29, 0.717) is 11.6 Å². The lowest BCUT2D eigenvalue weighted by atomic mass is 10.1. The third-order valence-electron chi connectivity index (χ3n) is 3.92. The first-order chi connectivity index (χ1) is 12.8. The van der Waals surface area contributed by atoms with Crippen LogP contribution in [0.1, 0.15) is 19.4 Å². The minimum atomic E-state index is 0.581. The average Bonchev–Trinajstić information content (AvgIpc) is 3.14. The summed E-state index contributed by atoms with van der Waals surface area (Å²) in [6.07, 6.45) is 0. The van der Waals surface area contributed by atoms with Crippen molar-refractivity contribution in [2.75, 3.05) is 11.1 Å². The second-order valence-corrected chi connectivity index (χ2v) is 5.63. The van der Waals surface area contributed by atoms with Crippen molar-refractivity contribution in [3.63, 3.8) is 0 Å². The van der Waals surface area contributed by atoms with E-state index in [4.69, 9.17) is 10.2 Å². The molecule has 0 aliphatic carbocycles. The summed E-state index contributed by atoms with van der Waals surface area (Å²) in [5.41, 5.74) is 11.5. The zero-order valence-corrected chi connectivity index (χ0v) is 15.1. The van der Waals surface area contributed by atoms with Gasteiger partial charge in [-0.25, -0.2) is 4.98 Å². The molecule has 132 valence electrons. The number of para-hydroxylation sites is 2. The first-order valence-corrected chi connectivity index (χ1v) is 8.83. The molecule has 1 heterocycles. The van der Waals surface area contributed by atoms with Gasteiger partial charge in [0.25, 0.3) is 0 Å². The summed E-state index contributed by atoms with van der Waals surface area (Å²) in [6, 6.07) is 23.7. The highest BCUT2D eigenvalue weighted by Crippen LogP contribution is 2.29. The lowest BCUT2D eigenvalue weighted by Gasteiger charge is -2.10. The molecule has 3 aromatic carbocycles. The Labute approximate surface area is 153 Å². The second kappa shape index (κ2) is 8.21. The highest BCUT2D eigenvalue weighted by Gasteiger charge is 2.09. The number of anilines is 2. The van der Waals surface area contributed by atoms with Gasteiger partial charge in [0.15, 0.2) is 5.58 Å². The van der Waals surface area contributed by atoms with E-state index in [1.54, 1.807) is 0 Å². The molecule has 0 atom stereocenters. The van der Waals surface area contributed by atoms with E-state index in [9.17, 15) is 0 Å². The standard InChI is InChI=1S/C20H17N3O.C2H6/c21-16-12-15(20-23-18-8-4-5-9-19(18)24-20)10-11-17(16)22-13-14-6-2-1-3-7-14;1-2/h1-12,22H,13,21H2;1-2H3. The van der Waals surface area contributed by atoms with Crippen molar-refractivity contribution in [3.05, 3.63) is 78.4 Å².